The molecule has 0 saturated heterocycles. The van der Waals surface area contributed by atoms with Gasteiger partial charge in [-0.3, -0.25) is 0 Å². The SMILES string of the molecule is CC(N)C(N)c1ccc(Cl)s1. The summed E-state index contributed by atoms with van der Waals surface area (Å²) in [6, 6.07) is 3.64. The van der Waals surface area contributed by atoms with E-state index in [-0.39, 0.29) is 12.1 Å². The molecule has 0 fully saturated rings. The Morgan fingerprint density at radius 3 is 2.45 bits per heavy atom. The second kappa shape index (κ2) is 3.54. The molecule has 1 aromatic rings. The molecular formula is C7H11ClN2S. The van der Waals surface area contributed by atoms with Gasteiger partial charge in [0.2, 0.25) is 0 Å². The minimum Gasteiger partial charge on any atom is -0.326 e. The highest BCUT2D eigenvalue weighted by Gasteiger charge is 2.12. The Labute approximate surface area is 75.1 Å². The van der Waals surface area contributed by atoms with E-state index >= 15 is 0 Å². The molecule has 0 saturated carbocycles. The molecule has 1 rings (SSSR count). The fourth-order valence-corrected chi connectivity index (χ4v) is 1.94. The van der Waals surface area contributed by atoms with Crippen molar-refractivity contribution in [1.82, 2.24) is 0 Å². The van der Waals surface area contributed by atoms with Crippen LogP contribution >= 0.6 is 22.9 Å². The van der Waals surface area contributed by atoms with Crippen LogP contribution in [0.1, 0.15) is 17.8 Å². The van der Waals surface area contributed by atoms with Crippen LogP contribution in [-0.4, -0.2) is 6.04 Å². The predicted molar refractivity (Wildman–Crippen MR) is 49.9 cm³/mol. The average Bonchev–Trinajstić information content (AvgIpc) is 2.34. The van der Waals surface area contributed by atoms with Gasteiger partial charge < -0.3 is 11.5 Å². The number of rotatable bonds is 2. The first-order valence-corrected chi connectivity index (χ1v) is 4.57. The van der Waals surface area contributed by atoms with E-state index in [1.54, 1.807) is 0 Å². The molecule has 0 spiro atoms. The van der Waals surface area contributed by atoms with Crippen molar-refractivity contribution in [3.05, 3.63) is 21.3 Å². The van der Waals surface area contributed by atoms with Crippen LogP contribution in [0.5, 0.6) is 0 Å². The normalized spacial score (nSPS) is 16.4. The molecule has 4 N–H and O–H groups in total. The van der Waals surface area contributed by atoms with Gasteiger partial charge in [-0.25, -0.2) is 0 Å². The Kier molecular flexibility index (Phi) is 2.90. The maximum atomic E-state index is 5.78. The number of hydrogen-bond acceptors (Lipinski definition) is 3. The molecule has 0 amide bonds. The summed E-state index contributed by atoms with van der Waals surface area (Å²) in [5, 5.41) is 0. The fraction of sp³-hybridized carbons (Fsp3) is 0.429. The number of nitrogens with two attached hydrogens (primary N) is 2. The molecule has 2 atom stereocenters. The first kappa shape index (κ1) is 9.00. The Hall–Kier alpha value is -0.0900. The summed E-state index contributed by atoms with van der Waals surface area (Å²) in [6.45, 7) is 1.89. The van der Waals surface area contributed by atoms with E-state index in [4.69, 9.17) is 23.1 Å². The zero-order valence-electron chi connectivity index (χ0n) is 6.25. The lowest BCUT2D eigenvalue weighted by Gasteiger charge is -2.12. The monoisotopic (exact) mass is 190 g/mol. The Morgan fingerprint density at radius 1 is 1.45 bits per heavy atom. The van der Waals surface area contributed by atoms with Gasteiger partial charge in [0.1, 0.15) is 0 Å². The van der Waals surface area contributed by atoms with Gasteiger partial charge in [0, 0.05) is 10.9 Å². The zero-order valence-corrected chi connectivity index (χ0v) is 7.82. The first-order valence-electron chi connectivity index (χ1n) is 3.37. The van der Waals surface area contributed by atoms with Gasteiger partial charge in [0.15, 0.2) is 0 Å². The average molecular weight is 191 g/mol. The van der Waals surface area contributed by atoms with Gasteiger partial charge >= 0.3 is 0 Å². The summed E-state index contributed by atoms with van der Waals surface area (Å²) in [5.41, 5.74) is 11.4. The second-order valence-electron chi connectivity index (χ2n) is 2.53. The van der Waals surface area contributed by atoms with Crippen molar-refractivity contribution >= 4 is 22.9 Å². The number of thiophene rings is 1. The Bertz CT molecular complexity index is 234. The maximum Gasteiger partial charge on any atom is 0.0931 e. The summed E-state index contributed by atoms with van der Waals surface area (Å²) >= 11 is 7.22. The molecule has 1 aromatic heterocycles. The van der Waals surface area contributed by atoms with E-state index in [1.807, 2.05) is 19.1 Å². The summed E-state index contributed by atoms with van der Waals surface area (Å²) < 4.78 is 0.760. The van der Waals surface area contributed by atoms with Crippen LogP contribution in [0.15, 0.2) is 12.1 Å². The molecular weight excluding hydrogens is 180 g/mol. The van der Waals surface area contributed by atoms with Crippen LogP contribution in [0.25, 0.3) is 0 Å². The summed E-state index contributed by atoms with van der Waals surface area (Å²) in [5.74, 6) is 0. The molecule has 4 heteroatoms. The largest absolute Gasteiger partial charge is 0.326 e. The molecule has 0 aliphatic heterocycles. The van der Waals surface area contributed by atoms with Gasteiger partial charge in [-0.15, -0.1) is 11.3 Å². The van der Waals surface area contributed by atoms with E-state index in [2.05, 4.69) is 0 Å². The fourth-order valence-electron chi connectivity index (χ4n) is 0.767. The second-order valence-corrected chi connectivity index (χ2v) is 4.27. The Balaban J connectivity index is 2.76. The van der Waals surface area contributed by atoms with Crippen molar-refractivity contribution in [2.45, 2.75) is 19.0 Å². The molecule has 2 unspecified atom stereocenters. The van der Waals surface area contributed by atoms with E-state index in [0.717, 1.165) is 9.21 Å². The summed E-state index contributed by atoms with van der Waals surface area (Å²) in [6.07, 6.45) is 0. The minimum atomic E-state index is -0.0903. The molecule has 1 heterocycles. The third-order valence-corrected chi connectivity index (χ3v) is 2.82. The van der Waals surface area contributed by atoms with Crippen LogP contribution in [0.4, 0.5) is 0 Å². The summed E-state index contributed by atoms with van der Waals surface area (Å²) in [7, 11) is 0. The maximum absolute atomic E-state index is 5.78. The van der Waals surface area contributed by atoms with E-state index in [0.29, 0.717) is 0 Å². The third kappa shape index (κ3) is 2.17. The van der Waals surface area contributed by atoms with Gasteiger partial charge in [0.05, 0.1) is 10.4 Å². The van der Waals surface area contributed by atoms with Crippen LogP contribution < -0.4 is 11.5 Å². The lowest BCUT2D eigenvalue weighted by molar-refractivity contribution is 0.598. The smallest absolute Gasteiger partial charge is 0.0931 e. The molecule has 0 aliphatic carbocycles. The molecule has 2 nitrogen and oxygen atoms in total. The van der Waals surface area contributed by atoms with E-state index in [1.165, 1.54) is 11.3 Å². The standard InChI is InChI=1S/C7H11ClN2S/c1-4(9)7(10)5-2-3-6(8)11-5/h2-4,7H,9-10H2,1H3. The molecule has 0 bridgehead atoms. The van der Waals surface area contributed by atoms with Crippen LogP contribution in [0, 0.1) is 0 Å². The lowest BCUT2D eigenvalue weighted by Crippen LogP contribution is -2.30. The van der Waals surface area contributed by atoms with Gasteiger partial charge in [-0.2, -0.15) is 0 Å². The van der Waals surface area contributed by atoms with Crippen molar-refractivity contribution in [2.75, 3.05) is 0 Å². The molecule has 0 aliphatic rings. The number of hydrogen-bond donors (Lipinski definition) is 2. The highest BCUT2D eigenvalue weighted by molar-refractivity contribution is 7.16. The van der Waals surface area contributed by atoms with Gasteiger partial charge in [0.25, 0.3) is 0 Å². The molecule has 62 valence electrons. The van der Waals surface area contributed by atoms with Crippen LogP contribution in [0.2, 0.25) is 4.34 Å². The van der Waals surface area contributed by atoms with Crippen molar-refractivity contribution < 1.29 is 0 Å². The molecule has 11 heavy (non-hydrogen) atoms. The zero-order chi connectivity index (χ0) is 8.43. The van der Waals surface area contributed by atoms with Crippen molar-refractivity contribution in [3.8, 4) is 0 Å². The molecule has 0 aromatic carbocycles. The lowest BCUT2D eigenvalue weighted by atomic mass is 10.1. The third-order valence-electron chi connectivity index (χ3n) is 1.49. The van der Waals surface area contributed by atoms with Gasteiger partial charge in [-0.1, -0.05) is 11.6 Å². The molecule has 0 radical (unpaired) electrons. The summed E-state index contributed by atoms with van der Waals surface area (Å²) in [4.78, 5) is 1.05. The minimum absolute atomic E-state index is 0.0234. The first-order chi connectivity index (χ1) is 5.11. The quantitative estimate of drug-likeness (QED) is 0.747. The highest BCUT2D eigenvalue weighted by Crippen LogP contribution is 2.26. The van der Waals surface area contributed by atoms with E-state index in [9.17, 15) is 0 Å². The van der Waals surface area contributed by atoms with Crippen LogP contribution in [0.3, 0.4) is 0 Å². The predicted octanol–water partition coefficient (Wildman–Crippen LogP) is 1.75. The van der Waals surface area contributed by atoms with Crippen molar-refractivity contribution in [2.24, 2.45) is 11.5 Å². The van der Waals surface area contributed by atoms with E-state index < -0.39 is 0 Å². The number of halogens is 1. The highest BCUT2D eigenvalue weighted by atomic mass is 35.5. The Morgan fingerprint density at radius 2 is 2.09 bits per heavy atom. The van der Waals surface area contributed by atoms with Crippen LogP contribution in [-0.2, 0) is 0 Å². The topological polar surface area (TPSA) is 52.0 Å². The van der Waals surface area contributed by atoms with Crippen molar-refractivity contribution in [1.29, 1.82) is 0 Å². The van der Waals surface area contributed by atoms with Gasteiger partial charge in [-0.05, 0) is 19.1 Å². The van der Waals surface area contributed by atoms with Crippen molar-refractivity contribution in [3.63, 3.8) is 0 Å².